The highest BCUT2D eigenvalue weighted by molar-refractivity contribution is 6.07. The topological polar surface area (TPSA) is 91.2 Å². The van der Waals surface area contributed by atoms with Gasteiger partial charge in [0.05, 0.1) is 24.8 Å². The second kappa shape index (κ2) is 5.55. The molecule has 0 aromatic heterocycles. The fourth-order valence-electron chi connectivity index (χ4n) is 2.03. The first kappa shape index (κ1) is 13.8. The lowest BCUT2D eigenvalue weighted by molar-refractivity contribution is -0.126. The van der Waals surface area contributed by atoms with Crippen LogP contribution < -0.4 is 10.6 Å². The summed E-state index contributed by atoms with van der Waals surface area (Å²) < 4.78 is 5.34. The van der Waals surface area contributed by atoms with Crippen LogP contribution in [0.3, 0.4) is 0 Å². The molecule has 1 atom stereocenters. The molecule has 6 nitrogen and oxygen atoms in total. The van der Waals surface area contributed by atoms with Gasteiger partial charge in [-0.1, -0.05) is 18.2 Å². The molecular formula is C14H13N3O3. The second-order valence-corrected chi connectivity index (χ2v) is 4.31. The van der Waals surface area contributed by atoms with E-state index in [4.69, 9.17) is 10.00 Å². The van der Waals surface area contributed by atoms with Crippen LogP contribution >= 0.6 is 0 Å². The summed E-state index contributed by atoms with van der Waals surface area (Å²) in [4.78, 5) is 23.6. The quantitative estimate of drug-likeness (QED) is 0.470. The van der Waals surface area contributed by atoms with Crippen LogP contribution in [0.2, 0.25) is 0 Å². The van der Waals surface area contributed by atoms with Crippen molar-refractivity contribution in [3.63, 3.8) is 0 Å². The van der Waals surface area contributed by atoms with E-state index in [1.165, 1.54) is 0 Å². The Kier molecular flexibility index (Phi) is 3.82. The minimum atomic E-state index is -1.31. The number of hydrogen-bond donors (Lipinski definition) is 2. The van der Waals surface area contributed by atoms with Gasteiger partial charge in [-0.2, -0.15) is 5.26 Å². The van der Waals surface area contributed by atoms with Crippen LogP contribution in [0.25, 0.3) is 0 Å². The van der Waals surface area contributed by atoms with Gasteiger partial charge in [0.15, 0.2) is 5.54 Å². The van der Waals surface area contributed by atoms with E-state index in [0.717, 1.165) is 0 Å². The molecule has 1 saturated heterocycles. The van der Waals surface area contributed by atoms with Gasteiger partial charge in [0.2, 0.25) is 0 Å². The minimum absolute atomic E-state index is 0.0362. The Labute approximate surface area is 116 Å². The third-order valence-electron chi connectivity index (χ3n) is 2.98. The molecule has 1 fully saturated rings. The third-order valence-corrected chi connectivity index (χ3v) is 2.98. The summed E-state index contributed by atoms with van der Waals surface area (Å²) in [7, 11) is 0. The molecule has 1 aromatic rings. The fourth-order valence-corrected chi connectivity index (χ4v) is 2.03. The van der Waals surface area contributed by atoms with E-state index in [0.29, 0.717) is 11.1 Å². The number of nitriles is 1. The van der Waals surface area contributed by atoms with Gasteiger partial charge in [-0.15, -0.1) is 6.58 Å². The summed E-state index contributed by atoms with van der Waals surface area (Å²) >= 11 is 0. The van der Waals surface area contributed by atoms with Crippen LogP contribution in [-0.2, 0) is 15.1 Å². The maximum absolute atomic E-state index is 12.1. The van der Waals surface area contributed by atoms with Crippen molar-refractivity contribution >= 4 is 11.9 Å². The van der Waals surface area contributed by atoms with Crippen molar-refractivity contribution in [2.45, 2.75) is 5.54 Å². The van der Waals surface area contributed by atoms with E-state index in [-0.39, 0.29) is 13.2 Å². The van der Waals surface area contributed by atoms with Gasteiger partial charge in [0.25, 0.3) is 5.91 Å². The molecule has 20 heavy (non-hydrogen) atoms. The molecule has 1 aromatic carbocycles. The first-order valence-corrected chi connectivity index (χ1v) is 5.95. The molecule has 0 saturated carbocycles. The van der Waals surface area contributed by atoms with Gasteiger partial charge in [-0.05, 0) is 17.7 Å². The molecule has 1 aliphatic heterocycles. The lowest BCUT2D eigenvalue weighted by Gasteiger charge is -2.26. The van der Waals surface area contributed by atoms with Gasteiger partial charge in [0.1, 0.15) is 0 Å². The van der Waals surface area contributed by atoms with Crippen molar-refractivity contribution < 1.29 is 14.3 Å². The van der Waals surface area contributed by atoms with Gasteiger partial charge in [0, 0.05) is 0 Å². The Balaban J connectivity index is 2.40. The van der Waals surface area contributed by atoms with E-state index in [1.807, 2.05) is 6.07 Å². The minimum Gasteiger partial charge on any atom is -0.374 e. The molecule has 1 unspecified atom stereocenters. The maximum atomic E-state index is 12.1. The van der Waals surface area contributed by atoms with Gasteiger partial charge >= 0.3 is 6.03 Å². The van der Waals surface area contributed by atoms with Crippen LogP contribution in [0.4, 0.5) is 4.79 Å². The molecule has 0 radical (unpaired) electrons. The van der Waals surface area contributed by atoms with Crippen LogP contribution in [0.1, 0.15) is 11.1 Å². The number of carbonyl (C=O) groups is 2. The zero-order valence-corrected chi connectivity index (χ0v) is 10.7. The first-order valence-electron chi connectivity index (χ1n) is 5.95. The van der Waals surface area contributed by atoms with E-state index >= 15 is 0 Å². The highest BCUT2D eigenvalue weighted by atomic mass is 16.5. The SMILES string of the molecule is C=CCOCC1(c2cccc(C#N)c2)NC(=O)NC1=O. The van der Waals surface area contributed by atoms with Crippen LogP contribution in [0, 0.1) is 11.3 Å². The predicted octanol–water partition coefficient (Wildman–Crippen LogP) is 0.796. The highest BCUT2D eigenvalue weighted by Gasteiger charge is 2.48. The van der Waals surface area contributed by atoms with Crippen molar-refractivity contribution in [2.24, 2.45) is 0 Å². The average molecular weight is 271 g/mol. The zero-order chi connectivity index (χ0) is 14.6. The molecule has 1 heterocycles. The number of benzene rings is 1. The summed E-state index contributed by atoms with van der Waals surface area (Å²) in [5, 5.41) is 13.7. The Bertz CT molecular complexity index is 606. The molecule has 6 heteroatoms. The highest BCUT2D eigenvalue weighted by Crippen LogP contribution is 2.26. The number of hydrogen-bond acceptors (Lipinski definition) is 4. The van der Waals surface area contributed by atoms with Crippen LogP contribution in [0.5, 0.6) is 0 Å². The number of ether oxygens (including phenoxy) is 1. The molecule has 3 amide bonds. The van der Waals surface area contributed by atoms with Crippen LogP contribution in [-0.4, -0.2) is 25.2 Å². The van der Waals surface area contributed by atoms with Crippen LogP contribution in [0.15, 0.2) is 36.9 Å². The van der Waals surface area contributed by atoms with Crippen molar-refractivity contribution in [3.05, 3.63) is 48.0 Å². The Morgan fingerprint density at radius 3 is 2.85 bits per heavy atom. The largest absolute Gasteiger partial charge is 0.374 e. The number of nitrogens with zero attached hydrogens (tertiary/aromatic N) is 1. The Morgan fingerprint density at radius 1 is 1.45 bits per heavy atom. The number of carbonyl (C=O) groups excluding carboxylic acids is 2. The molecule has 0 spiro atoms. The van der Waals surface area contributed by atoms with E-state index in [2.05, 4.69) is 17.2 Å². The number of amides is 3. The summed E-state index contributed by atoms with van der Waals surface area (Å²) in [6.07, 6.45) is 1.55. The van der Waals surface area contributed by atoms with Gasteiger partial charge in [-0.3, -0.25) is 10.1 Å². The number of imide groups is 1. The third kappa shape index (κ3) is 2.39. The fraction of sp³-hybridized carbons (Fsp3) is 0.214. The van der Waals surface area contributed by atoms with E-state index in [9.17, 15) is 9.59 Å². The number of rotatable bonds is 5. The normalized spacial score (nSPS) is 20.9. The molecule has 2 N–H and O–H groups in total. The van der Waals surface area contributed by atoms with Crippen molar-refractivity contribution in [1.82, 2.24) is 10.6 Å². The first-order chi connectivity index (χ1) is 9.62. The van der Waals surface area contributed by atoms with E-state index < -0.39 is 17.5 Å². The standard InChI is InChI=1S/C14H13N3O3/c1-2-6-20-9-14(12(18)16-13(19)17-14)11-5-3-4-10(7-11)8-15/h2-5,7H,1,6,9H2,(H2,16,17,18,19). The molecule has 1 aliphatic rings. The zero-order valence-electron chi connectivity index (χ0n) is 10.7. The molecular weight excluding hydrogens is 258 g/mol. The molecule has 0 aliphatic carbocycles. The summed E-state index contributed by atoms with van der Waals surface area (Å²) in [5.74, 6) is -0.498. The van der Waals surface area contributed by atoms with Gasteiger partial charge in [-0.25, -0.2) is 4.79 Å². The average Bonchev–Trinajstić information content (AvgIpc) is 2.74. The molecule has 2 rings (SSSR count). The Morgan fingerprint density at radius 2 is 2.25 bits per heavy atom. The molecule has 102 valence electrons. The van der Waals surface area contributed by atoms with E-state index in [1.54, 1.807) is 30.3 Å². The van der Waals surface area contributed by atoms with Crippen molar-refractivity contribution in [3.8, 4) is 6.07 Å². The lowest BCUT2D eigenvalue weighted by atomic mass is 9.90. The van der Waals surface area contributed by atoms with Gasteiger partial charge < -0.3 is 10.1 Å². The molecule has 0 bridgehead atoms. The summed E-state index contributed by atoms with van der Waals surface area (Å²) in [5.41, 5.74) is -0.407. The maximum Gasteiger partial charge on any atom is 0.322 e. The number of nitrogens with one attached hydrogen (secondary N) is 2. The van der Waals surface area contributed by atoms with Crippen molar-refractivity contribution in [1.29, 1.82) is 5.26 Å². The lowest BCUT2D eigenvalue weighted by Crippen LogP contribution is -2.48. The van der Waals surface area contributed by atoms with Crippen molar-refractivity contribution in [2.75, 3.05) is 13.2 Å². The monoisotopic (exact) mass is 271 g/mol. The second-order valence-electron chi connectivity index (χ2n) is 4.31. The summed E-state index contributed by atoms with van der Waals surface area (Å²) in [6.45, 7) is 3.74. The smallest absolute Gasteiger partial charge is 0.322 e. The Hall–Kier alpha value is -2.65. The predicted molar refractivity (Wildman–Crippen MR) is 70.5 cm³/mol. The number of urea groups is 1. The summed E-state index contributed by atoms with van der Waals surface area (Å²) in [6, 6.07) is 7.92.